The van der Waals surface area contributed by atoms with Crippen LogP contribution >= 0.6 is 11.8 Å². The lowest BCUT2D eigenvalue weighted by Crippen LogP contribution is -2.48. The molecule has 0 saturated heterocycles. The van der Waals surface area contributed by atoms with E-state index in [0.717, 1.165) is 40.8 Å². The smallest absolute Gasteiger partial charge is 0.226 e. The second kappa shape index (κ2) is 7.78. The fourth-order valence-corrected chi connectivity index (χ4v) is 7.19. The number of rotatable bonds is 7. The lowest BCUT2D eigenvalue weighted by molar-refractivity contribution is -0.118. The predicted molar refractivity (Wildman–Crippen MR) is 116 cm³/mol. The van der Waals surface area contributed by atoms with Crippen LogP contribution in [-0.2, 0) is 10.2 Å². The van der Waals surface area contributed by atoms with E-state index in [4.69, 9.17) is 0 Å². The number of aromatic nitrogens is 3. The van der Waals surface area contributed by atoms with Crippen molar-refractivity contribution in [3.8, 4) is 0 Å². The fourth-order valence-electron chi connectivity index (χ4n) is 6.47. The number of anilines is 1. The Morgan fingerprint density at radius 3 is 2.38 bits per heavy atom. The zero-order chi connectivity index (χ0) is 19.8. The van der Waals surface area contributed by atoms with Gasteiger partial charge in [0.15, 0.2) is 5.16 Å². The van der Waals surface area contributed by atoms with E-state index in [1.165, 1.54) is 44.1 Å². The molecule has 0 unspecified atom stereocenters. The third-order valence-electron chi connectivity index (χ3n) is 7.45. The minimum Gasteiger partial charge on any atom is -0.323 e. The Bertz CT molecular complexity index is 813. The SMILES string of the molecule is CN(C(=O)CCCSc1nnc[nH]1)c1ccc(C23CC4CC(CC(C4)C2)C3)cc1. The Balaban J connectivity index is 1.18. The summed E-state index contributed by atoms with van der Waals surface area (Å²) in [4.78, 5) is 17.4. The maximum Gasteiger partial charge on any atom is 0.226 e. The van der Waals surface area contributed by atoms with Gasteiger partial charge in [-0.25, -0.2) is 0 Å². The molecule has 154 valence electrons. The summed E-state index contributed by atoms with van der Waals surface area (Å²) in [7, 11) is 1.89. The predicted octanol–water partition coefficient (Wildman–Crippen LogP) is 4.81. The number of nitrogens with zero attached hydrogens (tertiary/aromatic N) is 3. The number of hydrogen-bond donors (Lipinski definition) is 1. The van der Waals surface area contributed by atoms with Crippen molar-refractivity contribution in [3.05, 3.63) is 36.2 Å². The summed E-state index contributed by atoms with van der Waals surface area (Å²) >= 11 is 1.61. The van der Waals surface area contributed by atoms with Crippen LogP contribution in [-0.4, -0.2) is 33.9 Å². The molecule has 0 atom stereocenters. The molecule has 1 heterocycles. The van der Waals surface area contributed by atoms with Crippen LogP contribution in [0.5, 0.6) is 0 Å². The van der Waals surface area contributed by atoms with Crippen molar-refractivity contribution in [2.45, 2.75) is 61.9 Å². The van der Waals surface area contributed by atoms with Gasteiger partial charge >= 0.3 is 0 Å². The van der Waals surface area contributed by atoms with Gasteiger partial charge < -0.3 is 9.88 Å². The molecule has 5 nitrogen and oxygen atoms in total. The first-order valence-corrected chi connectivity index (χ1v) is 12.0. The summed E-state index contributed by atoms with van der Waals surface area (Å²) in [6.07, 6.45) is 11.5. The van der Waals surface area contributed by atoms with E-state index in [-0.39, 0.29) is 5.91 Å². The van der Waals surface area contributed by atoms with Crippen molar-refractivity contribution < 1.29 is 4.79 Å². The highest BCUT2D eigenvalue weighted by molar-refractivity contribution is 7.99. The molecule has 4 saturated carbocycles. The Morgan fingerprint density at radius 2 is 1.79 bits per heavy atom. The molecule has 4 bridgehead atoms. The molecule has 6 heteroatoms. The van der Waals surface area contributed by atoms with Crippen LogP contribution in [0.4, 0.5) is 5.69 Å². The monoisotopic (exact) mass is 410 g/mol. The van der Waals surface area contributed by atoms with E-state index in [2.05, 4.69) is 39.4 Å². The van der Waals surface area contributed by atoms with E-state index >= 15 is 0 Å². The third-order valence-corrected chi connectivity index (χ3v) is 8.41. The van der Waals surface area contributed by atoms with Crippen LogP contribution < -0.4 is 4.90 Å². The van der Waals surface area contributed by atoms with Crippen LogP contribution in [0.15, 0.2) is 35.7 Å². The van der Waals surface area contributed by atoms with E-state index in [0.29, 0.717) is 11.8 Å². The first kappa shape index (κ1) is 19.2. The summed E-state index contributed by atoms with van der Waals surface area (Å²) in [6, 6.07) is 8.95. The number of nitrogens with one attached hydrogen (secondary N) is 1. The van der Waals surface area contributed by atoms with Crippen molar-refractivity contribution in [1.82, 2.24) is 15.2 Å². The average molecular weight is 411 g/mol. The zero-order valence-corrected chi connectivity index (χ0v) is 18.0. The molecule has 2 aromatic rings. The van der Waals surface area contributed by atoms with Gasteiger partial charge in [0, 0.05) is 24.9 Å². The lowest BCUT2D eigenvalue weighted by Gasteiger charge is -2.57. The Morgan fingerprint density at radius 1 is 1.14 bits per heavy atom. The molecular formula is C23H30N4OS. The number of hydrogen-bond acceptors (Lipinski definition) is 4. The quantitative estimate of drug-likeness (QED) is 0.526. The molecule has 1 N–H and O–H groups in total. The van der Waals surface area contributed by atoms with E-state index in [1.54, 1.807) is 18.1 Å². The number of benzene rings is 1. The van der Waals surface area contributed by atoms with Gasteiger partial charge in [-0.15, -0.1) is 10.2 Å². The molecule has 4 aliphatic carbocycles. The van der Waals surface area contributed by atoms with E-state index in [1.807, 2.05) is 11.9 Å². The first-order valence-electron chi connectivity index (χ1n) is 11.0. The molecule has 29 heavy (non-hydrogen) atoms. The Labute approximate surface area is 177 Å². The molecule has 4 fully saturated rings. The highest BCUT2D eigenvalue weighted by Crippen LogP contribution is 2.60. The Hall–Kier alpha value is -1.82. The minimum atomic E-state index is 0.172. The third kappa shape index (κ3) is 3.83. The molecule has 6 rings (SSSR count). The first-order chi connectivity index (χ1) is 14.1. The van der Waals surface area contributed by atoms with Crippen LogP contribution in [0.25, 0.3) is 0 Å². The van der Waals surface area contributed by atoms with Gasteiger partial charge in [-0.1, -0.05) is 23.9 Å². The van der Waals surface area contributed by atoms with Gasteiger partial charge in [-0.2, -0.15) is 0 Å². The van der Waals surface area contributed by atoms with Crippen LogP contribution in [0.3, 0.4) is 0 Å². The maximum atomic E-state index is 12.6. The number of amides is 1. The molecular weight excluding hydrogens is 380 g/mol. The second-order valence-electron chi connectivity index (χ2n) is 9.44. The fraction of sp³-hybridized carbons (Fsp3) is 0.609. The Kier molecular flexibility index (Phi) is 5.14. The molecule has 0 aliphatic heterocycles. The van der Waals surface area contributed by atoms with Crippen LogP contribution in [0.1, 0.15) is 56.9 Å². The van der Waals surface area contributed by atoms with E-state index < -0.39 is 0 Å². The summed E-state index contributed by atoms with van der Waals surface area (Å²) < 4.78 is 0. The minimum absolute atomic E-state index is 0.172. The zero-order valence-electron chi connectivity index (χ0n) is 17.1. The summed E-state index contributed by atoms with van der Waals surface area (Å²) in [5.74, 6) is 3.91. The maximum absolute atomic E-state index is 12.6. The van der Waals surface area contributed by atoms with Gasteiger partial charge in [0.05, 0.1) is 0 Å². The van der Waals surface area contributed by atoms with Gasteiger partial charge in [0.1, 0.15) is 6.33 Å². The molecule has 4 aliphatic rings. The number of carbonyl (C=O) groups excluding carboxylic acids is 1. The molecule has 1 aromatic carbocycles. The molecule has 0 radical (unpaired) electrons. The van der Waals surface area contributed by atoms with Crippen molar-refractivity contribution >= 4 is 23.4 Å². The van der Waals surface area contributed by atoms with E-state index in [9.17, 15) is 4.79 Å². The number of thioether (sulfide) groups is 1. The standard InChI is InChI=1S/C23H30N4OS/c1-27(21(28)3-2-8-29-22-24-15-25-26-22)20-6-4-19(5-7-20)23-12-16-9-17(13-23)11-18(10-16)14-23/h4-7,15-18H,2-3,8-14H2,1H3,(H,24,25,26). The van der Waals surface area contributed by atoms with Crippen LogP contribution in [0.2, 0.25) is 0 Å². The largest absolute Gasteiger partial charge is 0.323 e. The summed E-state index contributed by atoms with van der Waals surface area (Å²) in [5.41, 5.74) is 2.95. The molecule has 1 amide bonds. The highest BCUT2D eigenvalue weighted by atomic mass is 32.2. The lowest BCUT2D eigenvalue weighted by atomic mass is 9.48. The van der Waals surface area contributed by atoms with Gasteiger partial charge in [0.2, 0.25) is 5.91 Å². The summed E-state index contributed by atoms with van der Waals surface area (Å²) in [6.45, 7) is 0. The molecule has 1 aromatic heterocycles. The normalized spacial score (nSPS) is 29.9. The van der Waals surface area contributed by atoms with Crippen molar-refractivity contribution in [2.24, 2.45) is 17.8 Å². The van der Waals surface area contributed by atoms with Crippen molar-refractivity contribution in [1.29, 1.82) is 0 Å². The second-order valence-corrected chi connectivity index (χ2v) is 10.5. The number of H-pyrrole nitrogens is 1. The number of aromatic amines is 1. The number of carbonyl (C=O) groups is 1. The van der Waals surface area contributed by atoms with Gasteiger partial charge in [0.25, 0.3) is 0 Å². The summed E-state index contributed by atoms with van der Waals surface area (Å²) in [5, 5.41) is 8.53. The van der Waals surface area contributed by atoms with Crippen molar-refractivity contribution in [3.63, 3.8) is 0 Å². The van der Waals surface area contributed by atoms with Gasteiger partial charge in [-0.3, -0.25) is 4.79 Å². The van der Waals surface area contributed by atoms with Crippen LogP contribution in [0, 0.1) is 17.8 Å². The van der Waals surface area contributed by atoms with Gasteiger partial charge in [-0.05, 0) is 85.8 Å². The molecule has 0 spiro atoms. The average Bonchev–Trinajstić information content (AvgIpc) is 3.23. The van der Waals surface area contributed by atoms with Crippen molar-refractivity contribution in [2.75, 3.05) is 17.7 Å². The highest BCUT2D eigenvalue weighted by Gasteiger charge is 2.51. The topological polar surface area (TPSA) is 61.9 Å².